The summed E-state index contributed by atoms with van der Waals surface area (Å²) in [5, 5.41) is 5.19. The number of rotatable bonds is 4. The first kappa shape index (κ1) is 12.3. The molecule has 2 aromatic rings. The highest BCUT2D eigenvalue weighted by Crippen LogP contribution is 2.23. The Morgan fingerprint density at radius 3 is 3.00 bits per heavy atom. The molecule has 0 aliphatic heterocycles. The van der Waals surface area contributed by atoms with Crippen LogP contribution >= 0.6 is 27.5 Å². The molecule has 0 bridgehead atoms. The van der Waals surface area contributed by atoms with E-state index in [1.807, 2.05) is 12.2 Å². The lowest BCUT2D eigenvalue weighted by Gasteiger charge is -2.04. The van der Waals surface area contributed by atoms with Crippen LogP contribution in [0.25, 0.3) is 11.0 Å². The number of methoxy groups -OCH3 is 1. The molecule has 0 unspecified atom stereocenters. The zero-order chi connectivity index (χ0) is 12.3. The van der Waals surface area contributed by atoms with Crippen LogP contribution in [-0.4, -0.2) is 32.2 Å². The molecule has 0 atom stereocenters. The summed E-state index contributed by atoms with van der Waals surface area (Å²) in [7, 11) is 1.55. The molecule has 0 N–H and O–H groups in total. The highest BCUT2D eigenvalue weighted by atomic mass is 79.9. The third kappa shape index (κ3) is 2.58. The summed E-state index contributed by atoms with van der Waals surface area (Å²) < 4.78 is 6.95. The van der Waals surface area contributed by atoms with Gasteiger partial charge in [-0.1, -0.05) is 28.1 Å². The lowest BCUT2D eigenvalue weighted by Crippen LogP contribution is -2.01. The SMILES string of the molecule is COc1nc(Cl)nc2cnn(CC=CCBr)c12. The van der Waals surface area contributed by atoms with Gasteiger partial charge < -0.3 is 4.74 Å². The van der Waals surface area contributed by atoms with E-state index < -0.39 is 0 Å². The minimum atomic E-state index is 0.157. The number of ether oxygens (including phenoxy) is 1. The van der Waals surface area contributed by atoms with Crippen LogP contribution in [-0.2, 0) is 6.54 Å². The molecule has 2 aromatic heterocycles. The molecule has 0 radical (unpaired) electrons. The molecule has 2 heterocycles. The largest absolute Gasteiger partial charge is 0.479 e. The molecule has 0 saturated heterocycles. The van der Waals surface area contributed by atoms with E-state index >= 15 is 0 Å². The molecule has 0 amide bonds. The smallest absolute Gasteiger partial charge is 0.244 e. The fourth-order valence-corrected chi connectivity index (χ4v) is 1.89. The normalized spacial score (nSPS) is 11.5. The predicted octanol–water partition coefficient (Wildman–Crippen LogP) is 2.44. The van der Waals surface area contributed by atoms with Crippen LogP contribution in [0.2, 0.25) is 5.28 Å². The average Bonchev–Trinajstić information content (AvgIpc) is 2.71. The van der Waals surface area contributed by atoms with E-state index in [1.165, 1.54) is 0 Å². The van der Waals surface area contributed by atoms with Gasteiger partial charge in [-0.25, -0.2) is 4.98 Å². The van der Waals surface area contributed by atoms with E-state index in [1.54, 1.807) is 18.0 Å². The Balaban J connectivity index is 2.47. The zero-order valence-corrected chi connectivity index (χ0v) is 11.4. The summed E-state index contributed by atoms with van der Waals surface area (Å²) in [5.74, 6) is 0.435. The van der Waals surface area contributed by atoms with Crippen LogP contribution < -0.4 is 4.74 Å². The molecule has 17 heavy (non-hydrogen) atoms. The van der Waals surface area contributed by atoms with Crippen molar-refractivity contribution in [1.82, 2.24) is 19.7 Å². The van der Waals surface area contributed by atoms with Gasteiger partial charge in [0.05, 0.1) is 19.9 Å². The lowest BCUT2D eigenvalue weighted by molar-refractivity contribution is 0.399. The van der Waals surface area contributed by atoms with E-state index in [-0.39, 0.29) is 5.28 Å². The molecule has 0 aromatic carbocycles. The quantitative estimate of drug-likeness (QED) is 0.494. The van der Waals surface area contributed by atoms with Crippen LogP contribution in [0, 0.1) is 0 Å². The number of alkyl halides is 1. The predicted molar refractivity (Wildman–Crippen MR) is 69.8 cm³/mol. The van der Waals surface area contributed by atoms with Crippen molar-refractivity contribution in [1.29, 1.82) is 0 Å². The van der Waals surface area contributed by atoms with Crippen LogP contribution in [0.5, 0.6) is 5.88 Å². The highest BCUT2D eigenvalue weighted by Gasteiger charge is 2.12. The minimum Gasteiger partial charge on any atom is -0.479 e. The number of nitrogens with zero attached hydrogens (tertiary/aromatic N) is 4. The second kappa shape index (κ2) is 5.46. The van der Waals surface area contributed by atoms with E-state index in [2.05, 4.69) is 31.0 Å². The first-order valence-electron chi connectivity index (χ1n) is 4.90. The van der Waals surface area contributed by atoms with Gasteiger partial charge in [-0.05, 0) is 11.6 Å². The molecule has 0 aliphatic rings. The van der Waals surface area contributed by atoms with Crippen molar-refractivity contribution < 1.29 is 4.74 Å². The number of aromatic nitrogens is 4. The summed E-state index contributed by atoms with van der Waals surface area (Å²) >= 11 is 9.10. The van der Waals surface area contributed by atoms with Gasteiger partial charge in [-0.15, -0.1) is 0 Å². The summed E-state index contributed by atoms with van der Waals surface area (Å²) in [4.78, 5) is 8.11. The van der Waals surface area contributed by atoms with Gasteiger partial charge in [0.2, 0.25) is 11.2 Å². The summed E-state index contributed by atoms with van der Waals surface area (Å²) in [6.45, 7) is 0.635. The summed E-state index contributed by atoms with van der Waals surface area (Å²) in [6.07, 6.45) is 5.64. The van der Waals surface area contributed by atoms with Crippen LogP contribution in [0.1, 0.15) is 0 Å². The maximum absolute atomic E-state index is 5.78. The molecular weight excluding hydrogens is 307 g/mol. The van der Waals surface area contributed by atoms with Crippen LogP contribution in [0.3, 0.4) is 0 Å². The fraction of sp³-hybridized carbons (Fsp3) is 0.300. The second-order valence-corrected chi connectivity index (χ2v) is 4.17. The third-order valence-corrected chi connectivity index (χ3v) is 2.70. The molecule has 0 fully saturated rings. The topological polar surface area (TPSA) is 52.8 Å². The first-order chi connectivity index (χ1) is 8.26. The van der Waals surface area contributed by atoms with Gasteiger partial charge in [0.1, 0.15) is 11.0 Å². The van der Waals surface area contributed by atoms with Crippen molar-refractivity contribution in [2.24, 2.45) is 0 Å². The number of hydrogen-bond acceptors (Lipinski definition) is 4. The Morgan fingerprint density at radius 1 is 1.47 bits per heavy atom. The van der Waals surface area contributed by atoms with Crippen molar-refractivity contribution in [3.63, 3.8) is 0 Å². The van der Waals surface area contributed by atoms with Gasteiger partial charge in [0, 0.05) is 5.33 Å². The molecule has 90 valence electrons. The second-order valence-electron chi connectivity index (χ2n) is 3.19. The van der Waals surface area contributed by atoms with Crippen molar-refractivity contribution in [2.45, 2.75) is 6.54 Å². The summed E-state index contributed by atoms with van der Waals surface area (Å²) in [6, 6.07) is 0. The van der Waals surface area contributed by atoms with Crippen molar-refractivity contribution in [3.8, 4) is 5.88 Å². The van der Waals surface area contributed by atoms with Gasteiger partial charge in [0.15, 0.2) is 0 Å². The number of fused-ring (bicyclic) bond motifs is 1. The Labute approximate surface area is 112 Å². The van der Waals surface area contributed by atoms with Crippen molar-refractivity contribution in [2.75, 3.05) is 12.4 Å². The minimum absolute atomic E-state index is 0.157. The number of allylic oxidation sites excluding steroid dienone is 2. The van der Waals surface area contributed by atoms with E-state index in [0.29, 0.717) is 17.9 Å². The molecule has 7 heteroatoms. The number of halogens is 2. The standard InChI is InChI=1S/C10H10BrClN4O/c1-17-9-8-7(14-10(12)15-9)6-13-16(8)5-3-2-4-11/h2-3,6H,4-5H2,1H3. The molecule has 0 saturated carbocycles. The summed E-state index contributed by atoms with van der Waals surface area (Å²) in [5.41, 5.74) is 1.42. The van der Waals surface area contributed by atoms with Gasteiger partial charge >= 0.3 is 0 Å². The molecule has 5 nitrogen and oxygen atoms in total. The molecule has 0 spiro atoms. The average molecular weight is 318 g/mol. The Morgan fingerprint density at radius 2 is 2.29 bits per heavy atom. The van der Waals surface area contributed by atoms with Gasteiger partial charge in [-0.2, -0.15) is 10.1 Å². The van der Waals surface area contributed by atoms with Crippen LogP contribution in [0.15, 0.2) is 18.3 Å². The Hall–Kier alpha value is -1.14. The van der Waals surface area contributed by atoms with E-state index in [9.17, 15) is 0 Å². The highest BCUT2D eigenvalue weighted by molar-refractivity contribution is 9.09. The maximum Gasteiger partial charge on any atom is 0.244 e. The first-order valence-corrected chi connectivity index (χ1v) is 6.40. The van der Waals surface area contributed by atoms with Gasteiger partial charge in [0.25, 0.3) is 0 Å². The van der Waals surface area contributed by atoms with Gasteiger partial charge in [-0.3, -0.25) is 4.68 Å². The maximum atomic E-state index is 5.78. The number of hydrogen-bond donors (Lipinski definition) is 0. The molecular formula is C10H10BrClN4O. The Kier molecular flexibility index (Phi) is 3.96. The van der Waals surface area contributed by atoms with E-state index in [0.717, 1.165) is 10.8 Å². The lowest BCUT2D eigenvalue weighted by atomic mass is 10.4. The fourth-order valence-electron chi connectivity index (χ4n) is 1.46. The van der Waals surface area contributed by atoms with Crippen molar-refractivity contribution in [3.05, 3.63) is 23.6 Å². The van der Waals surface area contributed by atoms with Crippen molar-refractivity contribution >= 4 is 38.6 Å². The molecule has 2 rings (SSSR count). The Bertz CT molecular complexity index is 554. The molecule has 0 aliphatic carbocycles. The zero-order valence-electron chi connectivity index (χ0n) is 9.10. The van der Waals surface area contributed by atoms with Crippen LogP contribution in [0.4, 0.5) is 0 Å². The monoisotopic (exact) mass is 316 g/mol. The third-order valence-electron chi connectivity index (χ3n) is 2.16. The van der Waals surface area contributed by atoms with E-state index in [4.69, 9.17) is 16.3 Å².